The van der Waals surface area contributed by atoms with Gasteiger partial charge in [-0.2, -0.15) is 0 Å². The Kier molecular flexibility index (Phi) is 4.29. The van der Waals surface area contributed by atoms with Crippen molar-refractivity contribution in [3.05, 3.63) is 0 Å². The van der Waals surface area contributed by atoms with Crippen molar-refractivity contribution in [1.82, 2.24) is 4.90 Å². The van der Waals surface area contributed by atoms with Crippen LogP contribution in [0.2, 0.25) is 0 Å². The molecule has 0 bridgehead atoms. The molecule has 0 spiro atoms. The Bertz CT molecular complexity index is 308. The van der Waals surface area contributed by atoms with Crippen molar-refractivity contribution >= 4 is 0 Å². The van der Waals surface area contributed by atoms with E-state index >= 15 is 0 Å². The van der Waals surface area contributed by atoms with Crippen LogP contribution in [0.15, 0.2) is 0 Å². The fourth-order valence-corrected chi connectivity index (χ4v) is 4.06. The first-order valence-corrected chi connectivity index (χ1v) is 7.90. The summed E-state index contributed by atoms with van der Waals surface area (Å²) in [5.41, 5.74) is -0.668. The Hall–Kier alpha value is -0.120. The third-order valence-corrected chi connectivity index (χ3v) is 5.19. The lowest BCUT2D eigenvalue weighted by atomic mass is 9.84. The quantitative estimate of drug-likeness (QED) is 0.852. The van der Waals surface area contributed by atoms with E-state index in [0.29, 0.717) is 0 Å². The van der Waals surface area contributed by atoms with Crippen LogP contribution in [0, 0.1) is 5.92 Å². The number of rotatable bonds is 4. The van der Waals surface area contributed by atoms with Crippen LogP contribution in [0.4, 0.5) is 0 Å². The molecule has 1 N–H and O–H groups in total. The largest absolute Gasteiger partial charge is 0.390 e. The lowest BCUT2D eigenvalue weighted by Gasteiger charge is -2.35. The van der Waals surface area contributed by atoms with Gasteiger partial charge in [0.15, 0.2) is 0 Å². The minimum absolute atomic E-state index is 0.197. The molecule has 0 aromatic carbocycles. The van der Waals surface area contributed by atoms with Gasteiger partial charge in [0.25, 0.3) is 0 Å². The van der Waals surface area contributed by atoms with Crippen LogP contribution in [-0.2, 0) is 4.74 Å². The summed E-state index contributed by atoms with van der Waals surface area (Å²) in [7, 11) is 0. The second-order valence-electron chi connectivity index (χ2n) is 7.39. The Morgan fingerprint density at radius 1 is 1.11 bits per heavy atom. The van der Waals surface area contributed by atoms with Gasteiger partial charge in [-0.25, -0.2) is 0 Å². The predicted octanol–water partition coefficient (Wildman–Crippen LogP) is 2.82. The Labute approximate surface area is 118 Å². The van der Waals surface area contributed by atoms with Crippen LogP contribution in [0.5, 0.6) is 0 Å². The van der Waals surface area contributed by atoms with Crippen molar-refractivity contribution in [1.29, 1.82) is 0 Å². The number of hydrogen-bond acceptors (Lipinski definition) is 3. The molecule has 0 aromatic heterocycles. The van der Waals surface area contributed by atoms with Gasteiger partial charge in [0.05, 0.1) is 17.3 Å². The van der Waals surface area contributed by atoms with E-state index in [0.717, 1.165) is 19.1 Å². The smallest absolute Gasteiger partial charge is 0.0896 e. The maximum Gasteiger partial charge on any atom is 0.0896 e. The summed E-state index contributed by atoms with van der Waals surface area (Å²) in [5, 5.41) is 10.6. The highest BCUT2D eigenvalue weighted by Gasteiger charge is 2.53. The fraction of sp³-hybridized carbons (Fsp3) is 1.00. The molecule has 0 amide bonds. The van der Waals surface area contributed by atoms with Crippen LogP contribution in [-0.4, -0.2) is 46.4 Å². The molecular formula is C16H31NO2. The molecule has 2 rings (SSSR count). The second kappa shape index (κ2) is 5.34. The van der Waals surface area contributed by atoms with E-state index in [2.05, 4.69) is 25.7 Å². The zero-order valence-electron chi connectivity index (χ0n) is 13.3. The summed E-state index contributed by atoms with van der Waals surface area (Å²) in [5.74, 6) is 0.197. The first-order valence-electron chi connectivity index (χ1n) is 7.90. The highest BCUT2D eigenvalue weighted by atomic mass is 16.5. The molecule has 2 atom stereocenters. The van der Waals surface area contributed by atoms with Gasteiger partial charge in [0.2, 0.25) is 0 Å². The third kappa shape index (κ3) is 2.98. The molecule has 1 heterocycles. The van der Waals surface area contributed by atoms with E-state index in [9.17, 15) is 5.11 Å². The van der Waals surface area contributed by atoms with Crippen molar-refractivity contribution in [3.63, 3.8) is 0 Å². The van der Waals surface area contributed by atoms with Gasteiger partial charge < -0.3 is 14.7 Å². The van der Waals surface area contributed by atoms with Gasteiger partial charge in [0.1, 0.15) is 0 Å². The first-order chi connectivity index (χ1) is 8.78. The van der Waals surface area contributed by atoms with Crippen LogP contribution in [0.3, 0.4) is 0 Å². The summed E-state index contributed by atoms with van der Waals surface area (Å²) in [6.45, 7) is 12.5. The number of nitrogens with zero attached hydrogens (tertiary/aromatic N) is 1. The predicted molar refractivity (Wildman–Crippen MR) is 78.2 cm³/mol. The SMILES string of the molecule is CCN(CC1C(O)C(C)(C)OC1(C)C)C1CCCC1. The van der Waals surface area contributed by atoms with Crippen LogP contribution in [0.25, 0.3) is 0 Å². The standard InChI is InChI=1S/C16H31NO2/c1-6-17(12-9-7-8-10-12)11-13-14(18)16(4,5)19-15(13,2)3/h12-14,18H,6-11H2,1-5H3. The van der Waals surface area contributed by atoms with Gasteiger partial charge in [-0.15, -0.1) is 0 Å². The Balaban J connectivity index is 2.07. The summed E-state index contributed by atoms with van der Waals surface area (Å²) in [6, 6.07) is 0.719. The second-order valence-corrected chi connectivity index (χ2v) is 7.39. The maximum atomic E-state index is 10.6. The molecule has 1 aliphatic heterocycles. The van der Waals surface area contributed by atoms with Gasteiger partial charge in [-0.1, -0.05) is 19.8 Å². The van der Waals surface area contributed by atoms with Crippen molar-refractivity contribution in [3.8, 4) is 0 Å². The van der Waals surface area contributed by atoms with Crippen molar-refractivity contribution in [2.75, 3.05) is 13.1 Å². The normalized spacial score (nSPS) is 34.3. The van der Waals surface area contributed by atoms with Crippen molar-refractivity contribution in [2.45, 2.75) is 83.6 Å². The summed E-state index contributed by atoms with van der Waals surface area (Å²) in [6.07, 6.45) is 4.99. The number of ether oxygens (including phenoxy) is 1. The molecule has 3 heteroatoms. The summed E-state index contributed by atoms with van der Waals surface area (Å²) >= 11 is 0. The Morgan fingerprint density at radius 2 is 1.68 bits per heavy atom. The van der Waals surface area contributed by atoms with Crippen molar-refractivity contribution < 1.29 is 9.84 Å². The van der Waals surface area contributed by atoms with Crippen molar-refractivity contribution in [2.24, 2.45) is 5.92 Å². The zero-order chi connectivity index (χ0) is 14.3. The highest BCUT2D eigenvalue weighted by Crippen LogP contribution is 2.43. The number of aliphatic hydroxyl groups excluding tert-OH is 1. The van der Waals surface area contributed by atoms with E-state index in [1.807, 2.05) is 13.8 Å². The molecule has 112 valence electrons. The summed E-state index contributed by atoms with van der Waals surface area (Å²) in [4.78, 5) is 2.56. The van der Waals surface area contributed by atoms with E-state index < -0.39 is 5.60 Å². The lowest BCUT2D eigenvalue weighted by Crippen LogP contribution is -2.46. The minimum atomic E-state index is -0.427. The van der Waals surface area contributed by atoms with Crippen LogP contribution >= 0.6 is 0 Å². The van der Waals surface area contributed by atoms with E-state index in [-0.39, 0.29) is 17.6 Å². The number of aliphatic hydroxyl groups is 1. The topological polar surface area (TPSA) is 32.7 Å². The van der Waals surface area contributed by atoms with Gasteiger partial charge >= 0.3 is 0 Å². The fourth-order valence-electron chi connectivity index (χ4n) is 4.06. The molecule has 2 fully saturated rings. The molecule has 0 aromatic rings. The lowest BCUT2D eigenvalue weighted by molar-refractivity contribution is -0.0915. The minimum Gasteiger partial charge on any atom is -0.390 e. The van der Waals surface area contributed by atoms with Gasteiger partial charge in [-0.3, -0.25) is 0 Å². The van der Waals surface area contributed by atoms with E-state index in [1.54, 1.807) is 0 Å². The van der Waals surface area contributed by atoms with Gasteiger partial charge in [-0.05, 0) is 47.1 Å². The van der Waals surface area contributed by atoms with Gasteiger partial charge in [0, 0.05) is 18.5 Å². The molecule has 0 radical (unpaired) electrons. The average molecular weight is 269 g/mol. The highest BCUT2D eigenvalue weighted by molar-refractivity contribution is 5.02. The third-order valence-electron chi connectivity index (χ3n) is 5.19. The summed E-state index contributed by atoms with van der Waals surface area (Å²) < 4.78 is 6.09. The van der Waals surface area contributed by atoms with Crippen LogP contribution in [0.1, 0.15) is 60.3 Å². The molecular weight excluding hydrogens is 238 g/mol. The van der Waals surface area contributed by atoms with E-state index in [4.69, 9.17) is 4.74 Å². The Morgan fingerprint density at radius 3 is 2.11 bits per heavy atom. The van der Waals surface area contributed by atoms with Crippen LogP contribution < -0.4 is 0 Å². The molecule has 2 aliphatic rings. The molecule has 19 heavy (non-hydrogen) atoms. The first kappa shape index (κ1) is 15.3. The monoisotopic (exact) mass is 269 g/mol. The average Bonchev–Trinajstić information content (AvgIpc) is 2.85. The molecule has 1 saturated heterocycles. The number of hydrogen-bond donors (Lipinski definition) is 1. The molecule has 1 saturated carbocycles. The van der Waals surface area contributed by atoms with E-state index in [1.165, 1.54) is 25.7 Å². The molecule has 2 unspecified atom stereocenters. The maximum absolute atomic E-state index is 10.6. The molecule has 3 nitrogen and oxygen atoms in total. The zero-order valence-corrected chi connectivity index (χ0v) is 13.3. The molecule has 1 aliphatic carbocycles.